The van der Waals surface area contributed by atoms with E-state index in [1.807, 2.05) is 0 Å². The van der Waals surface area contributed by atoms with E-state index in [0.29, 0.717) is 25.9 Å². The Labute approximate surface area is 147 Å². The Morgan fingerprint density at radius 1 is 1.10 bits per heavy atom. The van der Waals surface area contributed by atoms with Crippen molar-refractivity contribution < 1.29 is 9.47 Å². The van der Waals surface area contributed by atoms with E-state index < -0.39 is 0 Å². The maximum atomic E-state index is 5.39. The monoisotopic (exact) mass is 415 g/mol. The normalized spacial score (nSPS) is 13.0. The number of methoxy groups -OCH3 is 1. The number of halogens is 1. The van der Waals surface area contributed by atoms with E-state index in [9.17, 15) is 0 Å². The molecule has 0 aliphatic rings. The zero-order chi connectivity index (χ0) is 15.2. The van der Waals surface area contributed by atoms with Gasteiger partial charge in [0.1, 0.15) is 0 Å². The van der Waals surface area contributed by atoms with Gasteiger partial charge in [0.25, 0.3) is 0 Å². The van der Waals surface area contributed by atoms with Crippen LogP contribution in [0.2, 0.25) is 0 Å². The minimum Gasteiger partial charge on any atom is -0.382 e. The van der Waals surface area contributed by atoms with Crippen LogP contribution < -0.4 is 10.6 Å². The Balaban J connectivity index is 0. The molecule has 0 amide bonds. The van der Waals surface area contributed by atoms with Crippen LogP contribution in [0.4, 0.5) is 0 Å². The predicted molar refractivity (Wildman–Crippen MR) is 101 cm³/mol. The summed E-state index contributed by atoms with van der Waals surface area (Å²) in [6, 6.07) is 0.439. The second-order valence-corrected chi connectivity index (χ2v) is 5.47. The molecule has 0 aromatic heterocycles. The SMILES string of the molecule is CN=C(NCCOCCOC)NC(C)CCCC(C)C.I. The Morgan fingerprint density at radius 3 is 2.38 bits per heavy atom. The van der Waals surface area contributed by atoms with Gasteiger partial charge in [0.15, 0.2) is 5.96 Å². The van der Waals surface area contributed by atoms with Gasteiger partial charge in [-0.05, 0) is 19.3 Å². The first-order chi connectivity index (χ1) is 9.60. The number of hydrogen-bond acceptors (Lipinski definition) is 3. The highest BCUT2D eigenvalue weighted by molar-refractivity contribution is 14.0. The van der Waals surface area contributed by atoms with E-state index in [-0.39, 0.29) is 24.0 Å². The molecule has 6 heteroatoms. The minimum absolute atomic E-state index is 0. The van der Waals surface area contributed by atoms with E-state index in [0.717, 1.165) is 18.4 Å². The highest BCUT2D eigenvalue weighted by Crippen LogP contribution is 2.07. The number of hydrogen-bond donors (Lipinski definition) is 2. The molecule has 0 aliphatic heterocycles. The van der Waals surface area contributed by atoms with Crippen molar-refractivity contribution in [3.63, 3.8) is 0 Å². The summed E-state index contributed by atoms with van der Waals surface area (Å²) in [7, 11) is 3.47. The lowest BCUT2D eigenvalue weighted by molar-refractivity contribution is 0.0733. The standard InChI is InChI=1S/C15H33N3O2.HI/c1-13(2)7-6-8-14(3)18-15(16-4)17-9-10-20-12-11-19-5;/h13-14H,6-12H2,1-5H3,(H2,16,17,18);1H. The van der Waals surface area contributed by atoms with E-state index in [1.54, 1.807) is 14.2 Å². The molecule has 0 saturated carbocycles. The zero-order valence-corrected chi connectivity index (χ0v) is 16.6. The molecule has 0 rings (SSSR count). The van der Waals surface area contributed by atoms with Crippen LogP contribution in [0.5, 0.6) is 0 Å². The van der Waals surface area contributed by atoms with Crippen LogP contribution in [0, 0.1) is 5.92 Å². The Morgan fingerprint density at radius 2 is 1.81 bits per heavy atom. The third kappa shape index (κ3) is 16.1. The van der Waals surface area contributed by atoms with Crippen molar-refractivity contribution in [1.29, 1.82) is 0 Å². The molecule has 0 bridgehead atoms. The van der Waals surface area contributed by atoms with Crippen LogP contribution in [0.1, 0.15) is 40.0 Å². The number of rotatable bonds is 11. The quantitative estimate of drug-likeness (QED) is 0.236. The summed E-state index contributed by atoms with van der Waals surface area (Å²) in [5.74, 6) is 1.63. The van der Waals surface area contributed by atoms with E-state index in [2.05, 4.69) is 36.4 Å². The van der Waals surface area contributed by atoms with Crippen LogP contribution in [-0.2, 0) is 9.47 Å². The molecule has 0 saturated heterocycles. The Kier molecular flexibility index (Phi) is 18.0. The molecule has 1 atom stereocenters. The first kappa shape index (κ1) is 23.2. The lowest BCUT2D eigenvalue weighted by Crippen LogP contribution is -2.43. The zero-order valence-electron chi connectivity index (χ0n) is 14.3. The van der Waals surface area contributed by atoms with Crippen molar-refractivity contribution in [1.82, 2.24) is 10.6 Å². The molecule has 0 aromatic carbocycles. The van der Waals surface area contributed by atoms with Crippen molar-refractivity contribution in [2.24, 2.45) is 10.9 Å². The molecule has 0 aliphatic carbocycles. The summed E-state index contributed by atoms with van der Waals surface area (Å²) in [6.07, 6.45) is 3.71. The highest BCUT2D eigenvalue weighted by atomic mass is 127. The Bertz CT molecular complexity index is 251. The highest BCUT2D eigenvalue weighted by Gasteiger charge is 2.05. The summed E-state index contributed by atoms with van der Waals surface area (Å²) in [5, 5.41) is 6.65. The second kappa shape index (κ2) is 16.3. The molecule has 0 aromatic rings. The third-order valence-electron chi connectivity index (χ3n) is 3.00. The van der Waals surface area contributed by atoms with E-state index >= 15 is 0 Å². The molecule has 5 nitrogen and oxygen atoms in total. The van der Waals surface area contributed by atoms with Gasteiger partial charge in [-0.15, -0.1) is 24.0 Å². The van der Waals surface area contributed by atoms with Gasteiger partial charge >= 0.3 is 0 Å². The summed E-state index contributed by atoms with van der Waals surface area (Å²) in [6.45, 7) is 9.41. The fraction of sp³-hybridized carbons (Fsp3) is 0.933. The van der Waals surface area contributed by atoms with Crippen molar-refractivity contribution in [2.75, 3.05) is 40.5 Å². The maximum absolute atomic E-state index is 5.39. The van der Waals surface area contributed by atoms with Crippen molar-refractivity contribution in [3.8, 4) is 0 Å². The van der Waals surface area contributed by atoms with Gasteiger partial charge in [0.05, 0.1) is 19.8 Å². The molecule has 0 fully saturated rings. The maximum Gasteiger partial charge on any atom is 0.191 e. The van der Waals surface area contributed by atoms with Gasteiger partial charge in [0.2, 0.25) is 0 Å². The molecule has 2 N–H and O–H groups in total. The number of ether oxygens (including phenoxy) is 2. The summed E-state index contributed by atoms with van der Waals surface area (Å²) in [5.41, 5.74) is 0. The van der Waals surface area contributed by atoms with Gasteiger partial charge in [-0.2, -0.15) is 0 Å². The Hall–Kier alpha value is -0.0800. The van der Waals surface area contributed by atoms with Crippen molar-refractivity contribution in [2.45, 2.75) is 46.1 Å². The number of nitrogens with one attached hydrogen (secondary N) is 2. The largest absolute Gasteiger partial charge is 0.382 e. The smallest absolute Gasteiger partial charge is 0.191 e. The van der Waals surface area contributed by atoms with Crippen molar-refractivity contribution >= 4 is 29.9 Å². The van der Waals surface area contributed by atoms with Crippen LogP contribution in [-0.4, -0.2) is 52.5 Å². The van der Waals surface area contributed by atoms with Crippen LogP contribution in [0.25, 0.3) is 0 Å². The fourth-order valence-electron chi connectivity index (χ4n) is 1.82. The van der Waals surface area contributed by atoms with Crippen LogP contribution in [0.3, 0.4) is 0 Å². The first-order valence-electron chi connectivity index (χ1n) is 7.64. The van der Waals surface area contributed by atoms with E-state index in [4.69, 9.17) is 9.47 Å². The number of guanidine groups is 1. The van der Waals surface area contributed by atoms with E-state index in [1.165, 1.54) is 19.3 Å². The van der Waals surface area contributed by atoms with Gasteiger partial charge in [-0.3, -0.25) is 4.99 Å². The summed E-state index contributed by atoms with van der Waals surface area (Å²) >= 11 is 0. The topological polar surface area (TPSA) is 54.9 Å². The average molecular weight is 415 g/mol. The summed E-state index contributed by atoms with van der Waals surface area (Å²) in [4.78, 5) is 4.22. The van der Waals surface area contributed by atoms with Gasteiger partial charge in [-0.1, -0.05) is 26.7 Å². The lowest BCUT2D eigenvalue weighted by Gasteiger charge is -2.18. The first-order valence-corrected chi connectivity index (χ1v) is 7.64. The van der Waals surface area contributed by atoms with Crippen LogP contribution in [0.15, 0.2) is 4.99 Å². The molecule has 128 valence electrons. The molecule has 0 spiro atoms. The van der Waals surface area contributed by atoms with Gasteiger partial charge in [0, 0.05) is 26.7 Å². The second-order valence-electron chi connectivity index (χ2n) is 5.47. The molecular formula is C15H34IN3O2. The van der Waals surface area contributed by atoms with Gasteiger partial charge < -0.3 is 20.1 Å². The minimum atomic E-state index is 0. The molecular weight excluding hydrogens is 381 g/mol. The third-order valence-corrected chi connectivity index (χ3v) is 3.00. The van der Waals surface area contributed by atoms with Gasteiger partial charge in [-0.25, -0.2) is 0 Å². The average Bonchev–Trinajstić information content (AvgIpc) is 2.40. The lowest BCUT2D eigenvalue weighted by atomic mass is 10.0. The van der Waals surface area contributed by atoms with Crippen molar-refractivity contribution in [3.05, 3.63) is 0 Å². The number of aliphatic imine (C=N–C) groups is 1. The fourth-order valence-corrected chi connectivity index (χ4v) is 1.82. The molecule has 0 heterocycles. The predicted octanol–water partition coefficient (Wildman–Crippen LogP) is 2.65. The number of nitrogens with zero attached hydrogens (tertiary/aromatic N) is 1. The van der Waals surface area contributed by atoms with Crippen LogP contribution >= 0.6 is 24.0 Å². The molecule has 0 radical (unpaired) electrons. The molecule has 21 heavy (non-hydrogen) atoms. The molecule has 1 unspecified atom stereocenters. The summed E-state index contributed by atoms with van der Waals surface area (Å²) < 4.78 is 10.3.